The third-order valence-electron chi connectivity index (χ3n) is 3.35. The minimum Gasteiger partial charge on any atom is -0.457 e. The van der Waals surface area contributed by atoms with Crippen molar-refractivity contribution in [2.75, 3.05) is 13.6 Å². The molecular formula is C18H22N2O2. The van der Waals surface area contributed by atoms with Crippen molar-refractivity contribution >= 4 is 5.91 Å². The Morgan fingerprint density at radius 3 is 2.50 bits per heavy atom. The molecule has 0 aliphatic carbocycles. The second-order valence-corrected chi connectivity index (χ2v) is 5.20. The molecule has 0 heterocycles. The maximum Gasteiger partial charge on any atom is 0.224 e. The van der Waals surface area contributed by atoms with Crippen LogP contribution >= 0.6 is 0 Å². The average molecular weight is 298 g/mol. The van der Waals surface area contributed by atoms with E-state index in [4.69, 9.17) is 4.74 Å². The summed E-state index contributed by atoms with van der Waals surface area (Å²) >= 11 is 0. The van der Waals surface area contributed by atoms with Gasteiger partial charge in [0.25, 0.3) is 0 Å². The van der Waals surface area contributed by atoms with Crippen molar-refractivity contribution in [3.05, 3.63) is 60.2 Å². The van der Waals surface area contributed by atoms with Gasteiger partial charge in [0.1, 0.15) is 11.5 Å². The number of para-hydroxylation sites is 2. The molecule has 116 valence electrons. The highest BCUT2D eigenvalue weighted by Gasteiger charge is 2.12. The number of carbonyl (C=O) groups is 1. The van der Waals surface area contributed by atoms with Crippen LogP contribution in [-0.4, -0.2) is 19.5 Å². The Kier molecular flexibility index (Phi) is 5.98. The molecule has 2 rings (SSSR count). The first-order chi connectivity index (χ1) is 10.7. The fourth-order valence-electron chi connectivity index (χ4n) is 2.12. The molecule has 0 aliphatic rings. The average Bonchev–Trinajstić information content (AvgIpc) is 2.55. The zero-order valence-corrected chi connectivity index (χ0v) is 13.0. The van der Waals surface area contributed by atoms with Crippen LogP contribution in [0.15, 0.2) is 54.6 Å². The molecule has 2 N–H and O–H groups in total. The van der Waals surface area contributed by atoms with Crippen LogP contribution in [0.4, 0.5) is 0 Å². The van der Waals surface area contributed by atoms with Crippen molar-refractivity contribution in [1.82, 2.24) is 10.6 Å². The number of hydrogen-bond acceptors (Lipinski definition) is 3. The van der Waals surface area contributed by atoms with E-state index in [-0.39, 0.29) is 11.8 Å². The first-order valence-corrected chi connectivity index (χ1v) is 7.44. The molecule has 0 saturated heterocycles. The SMILES string of the molecule is CNCC(C)C(=O)NCc1ccccc1Oc1ccccc1. The first-order valence-electron chi connectivity index (χ1n) is 7.44. The third kappa shape index (κ3) is 4.60. The summed E-state index contributed by atoms with van der Waals surface area (Å²) in [6.45, 7) is 3.02. The monoisotopic (exact) mass is 298 g/mol. The fourth-order valence-corrected chi connectivity index (χ4v) is 2.12. The maximum absolute atomic E-state index is 12.0. The number of rotatable bonds is 7. The summed E-state index contributed by atoms with van der Waals surface area (Å²) in [4.78, 5) is 12.0. The van der Waals surface area contributed by atoms with E-state index in [1.54, 1.807) is 0 Å². The Hall–Kier alpha value is -2.33. The lowest BCUT2D eigenvalue weighted by Gasteiger charge is -2.14. The predicted molar refractivity (Wildman–Crippen MR) is 87.9 cm³/mol. The van der Waals surface area contributed by atoms with E-state index in [9.17, 15) is 4.79 Å². The third-order valence-corrected chi connectivity index (χ3v) is 3.35. The van der Waals surface area contributed by atoms with Crippen LogP contribution in [0.2, 0.25) is 0 Å². The number of amides is 1. The normalized spacial score (nSPS) is 11.7. The fraction of sp³-hybridized carbons (Fsp3) is 0.278. The quantitative estimate of drug-likeness (QED) is 0.826. The minimum absolute atomic E-state index is 0.0314. The lowest BCUT2D eigenvalue weighted by atomic mass is 10.1. The Bertz CT molecular complexity index is 599. The molecule has 0 aliphatic heterocycles. The topological polar surface area (TPSA) is 50.4 Å². The molecule has 0 radical (unpaired) electrons. The van der Waals surface area contributed by atoms with Gasteiger partial charge < -0.3 is 15.4 Å². The van der Waals surface area contributed by atoms with Crippen LogP contribution in [0.1, 0.15) is 12.5 Å². The van der Waals surface area contributed by atoms with Gasteiger partial charge in [-0.1, -0.05) is 43.3 Å². The molecule has 2 aromatic rings. The maximum atomic E-state index is 12.0. The number of nitrogens with one attached hydrogen (secondary N) is 2. The van der Waals surface area contributed by atoms with E-state index >= 15 is 0 Å². The largest absolute Gasteiger partial charge is 0.457 e. The van der Waals surface area contributed by atoms with Gasteiger partial charge in [-0.15, -0.1) is 0 Å². The van der Waals surface area contributed by atoms with Gasteiger partial charge in [0.15, 0.2) is 0 Å². The van der Waals surface area contributed by atoms with Gasteiger partial charge in [-0.25, -0.2) is 0 Å². The molecule has 4 heteroatoms. The molecule has 0 saturated carbocycles. The molecule has 22 heavy (non-hydrogen) atoms. The lowest BCUT2D eigenvalue weighted by molar-refractivity contribution is -0.124. The van der Waals surface area contributed by atoms with E-state index in [1.165, 1.54) is 0 Å². The Morgan fingerprint density at radius 2 is 1.77 bits per heavy atom. The van der Waals surface area contributed by atoms with Gasteiger partial charge >= 0.3 is 0 Å². The summed E-state index contributed by atoms with van der Waals surface area (Å²) in [6, 6.07) is 17.4. The van der Waals surface area contributed by atoms with Crippen LogP contribution < -0.4 is 15.4 Å². The van der Waals surface area contributed by atoms with Crippen LogP contribution in [-0.2, 0) is 11.3 Å². The van der Waals surface area contributed by atoms with Crippen molar-refractivity contribution in [2.45, 2.75) is 13.5 Å². The Morgan fingerprint density at radius 1 is 1.09 bits per heavy atom. The van der Waals surface area contributed by atoms with E-state index in [1.807, 2.05) is 68.6 Å². The number of carbonyl (C=O) groups excluding carboxylic acids is 1. The second kappa shape index (κ2) is 8.20. The zero-order valence-electron chi connectivity index (χ0n) is 13.0. The van der Waals surface area contributed by atoms with Crippen molar-refractivity contribution in [3.8, 4) is 11.5 Å². The number of benzene rings is 2. The van der Waals surface area contributed by atoms with E-state index < -0.39 is 0 Å². The van der Waals surface area contributed by atoms with Gasteiger partial charge in [0.2, 0.25) is 5.91 Å². The smallest absolute Gasteiger partial charge is 0.224 e. The number of hydrogen-bond donors (Lipinski definition) is 2. The zero-order chi connectivity index (χ0) is 15.8. The van der Waals surface area contributed by atoms with Gasteiger partial charge in [-0.3, -0.25) is 4.79 Å². The van der Waals surface area contributed by atoms with Crippen molar-refractivity contribution in [2.24, 2.45) is 5.92 Å². The highest BCUT2D eigenvalue weighted by Crippen LogP contribution is 2.24. The first kappa shape index (κ1) is 16.0. The van der Waals surface area contributed by atoms with Crippen LogP contribution in [0.3, 0.4) is 0 Å². The van der Waals surface area contributed by atoms with Gasteiger partial charge in [0, 0.05) is 24.6 Å². The lowest BCUT2D eigenvalue weighted by Crippen LogP contribution is -2.33. The van der Waals surface area contributed by atoms with Crippen molar-refractivity contribution in [3.63, 3.8) is 0 Å². The predicted octanol–water partition coefficient (Wildman–Crippen LogP) is 2.95. The number of ether oxygens (including phenoxy) is 1. The van der Waals surface area contributed by atoms with E-state index in [2.05, 4.69) is 10.6 Å². The summed E-state index contributed by atoms with van der Waals surface area (Å²) in [7, 11) is 1.84. The minimum atomic E-state index is -0.0628. The summed E-state index contributed by atoms with van der Waals surface area (Å²) in [5.41, 5.74) is 0.955. The molecular weight excluding hydrogens is 276 g/mol. The molecule has 1 atom stereocenters. The molecule has 0 aromatic heterocycles. The molecule has 2 aromatic carbocycles. The van der Waals surface area contributed by atoms with Crippen LogP contribution in [0, 0.1) is 5.92 Å². The summed E-state index contributed by atoms with van der Waals surface area (Å²) in [6.07, 6.45) is 0. The van der Waals surface area contributed by atoms with Crippen molar-refractivity contribution in [1.29, 1.82) is 0 Å². The van der Waals surface area contributed by atoms with Gasteiger partial charge in [-0.05, 0) is 25.2 Å². The summed E-state index contributed by atoms with van der Waals surface area (Å²) in [5.74, 6) is 1.51. The Balaban J connectivity index is 2.01. The second-order valence-electron chi connectivity index (χ2n) is 5.20. The molecule has 0 fully saturated rings. The van der Waals surface area contributed by atoms with E-state index in [0.29, 0.717) is 13.1 Å². The van der Waals surface area contributed by atoms with Crippen LogP contribution in [0.25, 0.3) is 0 Å². The van der Waals surface area contributed by atoms with Gasteiger partial charge in [-0.2, -0.15) is 0 Å². The molecule has 0 bridgehead atoms. The summed E-state index contributed by atoms with van der Waals surface area (Å²) in [5, 5.41) is 5.96. The standard InChI is InChI=1S/C18H22N2O2/c1-14(12-19-2)18(21)20-13-15-8-6-7-11-17(15)22-16-9-4-3-5-10-16/h3-11,14,19H,12-13H2,1-2H3,(H,20,21). The Labute approximate surface area is 131 Å². The molecule has 4 nitrogen and oxygen atoms in total. The highest BCUT2D eigenvalue weighted by atomic mass is 16.5. The highest BCUT2D eigenvalue weighted by molar-refractivity contribution is 5.78. The molecule has 1 amide bonds. The molecule has 0 spiro atoms. The summed E-state index contributed by atoms with van der Waals surface area (Å²) < 4.78 is 5.89. The van der Waals surface area contributed by atoms with E-state index in [0.717, 1.165) is 17.1 Å². The molecule has 1 unspecified atom stereocenters. The van der Waals surface area contributed by atoms with Gasteiger partial charge in [0.05, 0.1) is 0 Å². The van der Waals surface area contributed by atoms with Crippen LogP contribution in [0.5, 0.6) is 11.5 Å². The van der Waals surface area contributed by atoms with Crippen molar-refractivity contribution < 1.29 is 9.53 Å².